The van der Waals surface area contributed by atoms with Gasteiger partial charge in [0.1, 0.15) is 28.2 Å². The molecule has 326 valence electrons. The number of morpholine rings is 1. The van der Waals surface area contributed by atoms with E-state index in [-0.39, 0.29) is 48.2 Å². The predicted octanol–water partition coefficient (Wildman–Crippen LogP) is 4.01. The second-order valence-electron chi connectivity index (χ2n) is 15.7. The van der Waals surface area contributed by atoms with Crippen molar-refractivity contribution in [2.75, 3.05) is 50.1 Å². The maximum absolute atomic E-state index is 13.9. The van der Waals surface area contributed by atoms with Crippen LogP contribution in [0.4, 0.5) is 11.9 Å². The molecule has 0 bridgehead atoms. The molecule has 1 aliphatic heterocycles. The highest BCUT2D eigenvalue weighted by atomic mass is 16.5. The lowest BCUT2D eigenvalue weighted by atomic mass is 10.1. The van der Waals surface area contributed by atoms with Crippen LogP contribution in [0.3, 0.4) is 0 Å². The number of ether oxygens (including phenoxy) is 2. The number of hydrogen-bond acceptors (Lipinski definition) is 12. The van der Waals surface area contributed by atoms with E-state index < -0.39 is 23.6 Å². The number of amides is 4. The molecule has 4 amide bonds. The summed E-state index contributed by atoms with van der Waals surface area (Å²) >= 11 is 0. The van der Waals surface area contributed by atoms with Crippen LogP contribution in [-0.2, 0) is 17.8 Å². The van der Waals surface area contributed by atoms with Gasteiger partial charge in [0, 0.05) is 56.6 Å². The van der Waals surface area contributed by atoms with Gasteiger partial charge in [0.15, 0.2) is 5.65 Å². The van der Waals surface area contributed by atoms with Crippen molar-refractivity contribution < 1.29 is 28.7 Å². The SMILES string of the molecule is Cc1cc(C(=O)Nc2nc3cc(C(N)=O)cnc3n2C/C=C/Cn2c(NC(=O)c3cc(C)nn3C(C)C)nc3cc(C(N)=O)cc(OCCCN4CCOCC4)c32)n(C(C)C)n1. The predicted molar refractivity (Wildman–Crippen MR) is 231 cm³/mol. The zero-order valence-electron chi connectivity index (χ0n) is 35.7. The van der Waals surface area contributed by atoms with Gasteiger partial charge in [-0.15, -0.1) is 0 Å². The number of nitrogens with two attached hydrogens (primary N) is 2. The highest BCUT2D eigenvalue weighted by Crippen LogP contribution is 2.32. The Kier molecular flexibility index (Phi) is 12.8. The molecule has 6 N–H and O–H groups in total. The summed E-state index contributed by atoms with van der Waals surface area (Å²) in [5.74, 6) is -1.43. The normalized spacial score (nSPS) is 13.5. The summed E-state index contributed by atoms with van der Waals surface area (Å²) in [5.41, 5.74) is 15.4. The molecule has 5 aromatic heterocycles. The number of carbonyl (C=O) groups excluding carboxylic acids is 4. The van der Waals surface area contributed by atoms with Gasteiger partial charge in [0.25, 0.3) is 11.8 Å². The van der Waals surface area contributed by atoms with Crippen LogP contribution < -0.4 is 26.8 Å². The lowest BCUT2D eigenvalue weighted by Crippen LogP contribution is -2.37. The summed E-state index contributed by atoms with van der Waals surface area (Å²) < 4.78 is 18.6. The van der Waals surface area contributed by atoms with Crippen molar-refractivity contribution in [1.29, 1.82) is 0 Å². The number of fused-ring (bicyclic) bond motifs is 2. The molecular weight excluding hydrogens is 797 g/mol. The average molecular weight is 849 g/mol. The van der Waals surface area contributed by atoms with Crippen molar-refractivity contribution in [3.8, 4) is 5.75 Å². The second kappa shape index (κ2) is 18.4. The van der Waals surface area contributed by atoms with Gasteiger partial charge in [0.2, 0.25) is 23.7 Å². The first kappa shape index (κ1) is 43.2. The summed E-state index contributed by atoms with van der Waals surface area (Å²) in [4.78, 5) is 68.4. The molecule has 0 spiro atoms. The minimum absolute atomic E-state index is 0.0789. The lowest BCUT2D eigenvalue weighted by molar-refractivity contribution is 0.0358. The summed E-state index contributed by atoms with van der Waals surface area (Å²) in [7, 11) is 0. The first-order chi connectivity index (χ1) is 29.7. The molecule has 1 saturated heterocycles. The topological polar surface area (TPSA) is 250 Å². The third-order valence-corrected chi connectivity index (χ3v) is 10.3. The number of hydrogen-bond donors (Lipinski definition) is 4. The third-order valence-electron chi connectivity index (χ3n) is 10.3. The van der Waals surface area contributed by atoms with Gasteiger partial charge >= 0.3 is 0 Å². The Morgan fingerprint density at radius 2 is 1.32 bits per heavy atom. The number of aromatic nitrogens is 9. The highest BCUT2D eigenvalue weighted by Gasteiger charge is 2.24. The van der Waals surface area contributed by atoms with Gasteiger partial charge in [-0.1, -0.05) is 12.2 Å². The van der Waals surface area contributed by atoms with E-state index in [9.17, 15) is 19.2 Å². The standard InChI is InChI=1S/C42H52N14O6/c1-24(2)55-32(18-26(5)50-55)39(59)48-41-46-30-20-28(36(43)57)22-34(62-15-9-10-52-13-16-61-17-14-52)35(30)53(41)11-7-8-12-54-38-31(21-29(23-45-38)37(44)58)47-42(54)49-40(60)33-19-27(6)51-56(33)25(3)4/h7-8,18-25H,9-17H2,1-6H3,(H2,43,57)(H2,44,58)(H,46,48,59)(H,47,49,60)/b8-7+. The third kappa shape index (κ3) is 9.35. The van der Waals surface area contributed by atoms with Crippen LogP contribution in [0.2, 0.25) is 0 Å². The van der Waals surface area contributed by atoms with E-state index in [1.165, 1.54) is 12.3 Å². The van der Waals surface area contributed by atoms with E-state index in [1.807, 2.05) is 53.7 Å². The molecule has 1 aromatic carbocycles. The summed E-state index contributed by atoms with van der Waals surface area (Å²) in [6, 6.07) is 7.92. The Balaban J connectivity index is 1.23. The van der Waals surface area contributed by atoms with Gasteiger partial charge in [0.05, 0.1) is 42.3 Å². The minimum Gasteiger partial charge on any atom is -0.491 e. The Morgan fingerprint density at radius 3 is 1.90 bits per heavy atom. The number of aryl methyl sites for hydroxylation is 2. The fourth-order valence-electron chi connectivity index (χ4n) is 7.32. The van der Waals surface area contributed by atoms with Gasteiger partial charge in [-0.25, -0.2) is 15.0 Å². The molecule has 6 heterocycles. The maximum atomic E-state index is 13.9. The Labute approximate surface area is 357 Å². The lowest BCUT2D eigenvalue weighted by Gasteiger charge is -2.26. The fraction of sp³-hybridized carbons (Fsp3) is 0.405. The van der Waals surface area contributed by atoms with Crippen molar-refractivity contribution in [3.63, 3.8) is 0 Å². The van der Waals surface area contributed by atoms with Crippen LogP contribution in [0.15, 0.2) is 48.7 Å². The number of pyridine rings is 1. The summed E-state index contributed by atoms with van der Waals surface area (Å²) in [6.45, 7) is 15.9. The van der Waals surface area contributed by atoms with Crippen molar-refractivity contribution in [2.45, 2.75) is 73.1 Å². The summed E-state index contributed by atoms with van der Waals surface area (Å²) in [6.07, 6.45) is 5.77. The van der Waals surface area contributed by atoms with Crippen molar-refractivity contribution >= 4 is 57.7 Å². The quantitative estimate of drug-likeness (QED) is 0.0751. The highest BCUT2D eigenvalue weighted by molar-refractivity contribution is 6.05. The Hall–Kier alpha value is -6.93. The van der Waals surface area contributed by atoms with E-state index in [1.54, 1.807) is 42.8 Å². The molecule has 6 aromatic rings. The first-order valence-electron chi connectivity index (χ1n) is 20.5. The smallest absolute Gasteiger partial charge is 0.276 e. The van der Waals surface area contributed by atoms with Crippen molar-refractivity contribution in [1.82, 2.24) is 48.5 Å². The van der Waals surface area contributed by atoms with E-state index in [4.69, 9.17) is 25.9 Å². The van der Waals surface area contributed by atoms with Crippen molar-refractivity contribution in [3.05, 3.63) is 82.6 Å². The van der Waals surface area contributed by atoms with Gasteiger partial charge in [-0.3, -0.25) is 48.6 Å². The number of imidazole rings is 2. The van der Waals surface area contributed by atoms with Crippen LogP contribution in [0, 0.1) is 13.8 Å². The molecule has 0 radical (unpaired) electrons. The van der Waals surface area contributed by atoms with E-state index in [0.717, 1.165) is 19.6 Å². The molecule has 62 heavy (non-hydrogen) atoms. The van der Waals surface area contributed by atoms with Crippen LogP contribution in [0.1, 0.15) is 99.3 Å². The van der Waals surface area contributed by atoms with Crippen molar-refractivity contribution in [2.24, 2.45) is 11.5 Å². The van der Waals surface area contributed by atoms with E-state index in [0.29, 0.717) is 77.0 Å². The first-order valence-corrected chi connectivity index (χ1v) is 20.5. The van der Waals surface area contributed by atoms with Crippen LogP contribution in [0.5, 0.6) is 5.75 Å². The Morgan fingerprint density at radius 1 is 0.774 bits per heavy atom. The molecule has 1 fully saturated rings. The molecule has 20 heteroatoms. The second-order valence-corrected chi connectivity index (χ2v) is 15.7. The van der Waals surface area contributed by atoms with Gasteiger partial charge in [-0.2, -0.15) is 10.2 Å². The number of primary amides is 2. The van der Waals surface area contributed by atoms with Crippen LogP contribution in [-0.4, -0.2) is 112 Å². The molecule has 1 aliphatic rings. The summed E-state index contributed by atoms with van der Waals surface area (Å²) in [5, 5.41) is 14.9. The molecule has 0 saturated carbocycles. The number of rotatable bonds is 17. The largest absolute Gasteiger partial charge is 0.491 e. The Bertz CT molecular complexity index is 2680. The van der Waals surface area contributed by atoms with E-state index in [2.05, 4.69) is 35.7 Å². The molecule has 7 rings (SSSR count). The monoisotopic (exact) mass is 848 g/mol. The maximum Gasteiger partial charge on any atom is 0.276 e. The van der Waals surface area contributed by atoms with Crippen LogP contribution in [0.25, 0.3) is 22.2 Å². The number of benzene rings is 1. The minimum atomic E-state index is -0.668. The molecule has 0 aliphatic carbocycles. The molecular formula is C42H52N14O6. The van der Waals surface area contributed by atoms with Crippen LogP contribution >= 0.6 is 0 Å². The number of nitrogens with one attached hydrogen (secondary N) is 2. The number of nitrogens with zero attached hydrogens (tertiary/aromatic N) is 10. The number of carbonyl (C=O) groups is 4. The fourth-order valence-corrected chi connectivity index (χ4v) is 7.32. The number of allylic oxidation sites excluding steroid dienone is 2. The average Bonchev–Trinajstić information content (AvgIpc) is 4.01. The molecule has 0 unspecified atom stereocenters. The van der Waals surface area contributed by atoms with Gasteiger partial charge < -0.3 is 25.5 Å². The van der Waals surface area contributed by atoms with E-state index >= 15 is 0 Å². The van der Waals surface area contributed by atoms with Gasteiger partial charge in [-0.05, 0) is 78.3 Å². The zero-order chi connectivity index (χ0) is 44.2. The molecule has 0 atom stereocenters. The molecule has 20 nitrogen and oxygen atoms in total. The number of anilines is 2. The zero-order valence-corrected chi connectivity index (χ0v) is 35.7.